The maximum absolute atomic E-state index is 10.7. The van der Waals surface area contributed by atoms with Gasteiger partial charge in [-0.2, -0.15) is 0 Å². The number of nitrogens with zero attached hydrogens (tertiary/aromatic N) is 1. The third kappa shape index (κ3) is 6.48. The number of aliphatic hydroxyl groups excluding tert-OH is 1. The Morgan fingerprint density at radius 1 is 1.00 bits per heavy atom. The van der Waals surface area contributed by atoms with Crippen molar-refractivity contribution in [2.75, 3.05) is 13.2 Å². The molecule has 30 heavy (non-hydrogen) atoms. The van der Waals surface area contributed by atoms with Crippen LogP contribution in [0.15, 0.2) is 65.3 Å². The lowest BCUT2D eigenvalue weighted by Gasteiger charge is -2.25. The Kier molecular flexibility index (Phi) is 7.72. The fourth-order valence-corrected chi connectivity index (χ4v) is 3.57. The SMILES string of the molecule is Cc1ccc(OCC(O)CN(Cc2ccc(C(C)C)cc2)Cc2ccco2)c(C)c1. The van der Waals surface area contributed by atoms with Gasteiger partial charge in [0.2, 0.25) is 0 Å². The first-order valence-electron chi connectivity index (χ1n) is 10.6. The van der Waals surface area contributed by atoms with Crippen molar-refractivity contribution in [2.24, 2.45) is 0 Å². The summed E-state index contributed by atoms with van der Waals surface area (Å²) in [5.41, 5.74) is 4.83. The highest BCUT2D eigenvalue weighted by atomic mass is 16.5. The molecule has 160 valence electrons. The lowest BCUT2D eigenvalue weighted by Crippen LogP contribution is -2.35. The molecule has 4 nitrogen and oxygen atoms in total. The van der Waals surface area contributed by atoms with E-state index >= 15 is 0 Å². The van der Waals surface area contributed by atoms with Gasteiger partial charge in [-0.25, -0.2) is 0 Å². The standard InChI is InChI=1S/C26H33NO3/c1-19(2)23-10-8-22(9-11-23)15-27(17-25-6-5-13-29-25)16-24(28)18-30-26-12-7-20(3)14-21(26)4/h5-14,19,24,28H,15-18H2,1-4H3. The lowest BCUT2D eigenvalue weighted by molar-refractivity contribution is 0.0602. The van der Waals surface area contributed by atoms with E-state index in [0.717, 1.165) is 23.6 Å². The third-order valence-electron chi connectivity index (χ3n) is 5.24. The average Bonchev–Trinajstić information content (AvgIpc) is 3.20. The molecule has 0 amide bonds. The predicted molar refractivity (Wildman–Crippen MR) is 121 cm³/mol. The van der Waals surface area contributed by atoms with Gasteiger partial charge in [-0.3, -0.25) is 4.90 Å². The Morgan fingerprint density at radius 2 is 1.77 bits per heavy atom. The van der Waals surface area contributed by atoms with E-state index in [1.54, 1.807) is 6.26 Å². The van der Waals surface area contributed by atoms with Gasteiger partial charge < -0.3 is 14.3 Å². The number of benzene rings is 2. The van der Waals surface area contributed by atoms with Crippen LogP contribution in [-0.4, -0.2) is 29.3 Å². The van der Waals surface area contributed by atoms with E-state index < -0.39 is 6.10 Å². The molecule has 1 heterocycles. The van der Waals surface area contributed by atoms with Gasteiger partial charge >= 0.3 is 0 Å². The molecule has 3 rings (SSSR count). The molecule has 0 fully saturated rings. The highest BCUT2D eigenvalue weighted by molar-refractivity contribution is 5.35. The topological polar surface area (TPSA) is 45.8 Å². The molecule has 1 unspecified atom stereocenters. The molecular weight excluding hydrogens is 374 g/mol. The highest BCUT2D eigenvalue weighted by Crippen LogP contribution is 2.20. The van der Waals surface area contributed by atoms with Crippen molar-refractivity contribution in [2.45, 2.75) is 52.8 Å². The van der Waals surface area contributed by atoms with Crippen LogP contribution < -0.4 is 4.74 Å². The van der Waals surface area contributed by atoms with Crippen molar-refractivity contribution in [1.82, 2.24) is 4.90 Å². The van der Waals surface area contributed by atoms with Crippen molar-refractivity contribution >= 4 is 0 Å². The Morgan fingerprint density at radius 3 is 2.40 bits per heavy atom. The minimum Gasteiger partial charge on any atom is -0.491 e. The van der Waals surface area contributed by atoms with Crippen LogP contribution in [0.25, 0.3) is 0 Å². The first-order valence-corrected chi connectivity index (χ1v) is 10.6. The van der Waals surface area contributed by atoms with E-state index in [2.05, 4.69) is 56.0 Å². The second-order valence-electron chi connectivity index (χ2n) is 8.38. The molecule has 0 saturated heterocycles. The second kappa shape index (κ2) is 10.5. The van der Waals surface area contributed by atoms with Gasteiger partial charge in [-0.05, 0) is 54.7 Å². The van der Waals surface area contributed by atoms with Crippen LogP contribution in [0.3, 0.4) is 0 Å². The summed E-state index contributed by atoms with van der Waals surface area (Å²) in [6.07, 6.45) is 1.08. The molecule has 0 aliphatic rings. The number of ether oxygens (including phenoxy) is 1. The number of furan rings is 1. The van der Waals surface area contributed by atoms with E-state index in [0.29, 0.717) is 19.0 Å². The van der Waals surface area contributed by atoms with Gasteiger partial charge in [0.15, 0.2) is 0 Å². The summed E-state index contributed by atoms with van der Waals surface area (Å²) in [5, 5.41) is 10.7. The third-order valence-corrected chi connectivity index (χ3v) is 5.24. The molecule has 4 heteroatoms. The number of rotatable bonds is 10. The molecule has 0 bridgehead atoms. The van der Waals surface area contributed by atoms with Gasteiger partial charge in [0, 0.05) is 13.1 Å². The first-order chi connectivity index (χ1) is 14.4. The number of aliphatic hydroxyl groups is 1. The van der Waals surface area contributed by atoms with Crippen LogP contribution in [-0.2, 0) is 13.1 Å². The molecule has 0 aliphatic carbocycles. The summed E-state index contributed by atoms with van der Waals surface area (Å²) in [4.78, 5) is 2.19. The second-order valence-corrected chi connectivity index (χ2v) is 8.38. The predicted octanol–water partition coefficient (Wildman–Crippen LogP) is 5.46. The van der Waals surface area contributed by atoms with E-state index in [1.807, 2.05) is 31.2 Å². The molecule has 0 saturated carbocycles. The zero-order valence-corrected chi connectivity index (χ0v) is 18.5. The van der Waals surface area contributed by atoms with Crippen LogP contribution in [0.4, 0.5) is 0 Å². The molecule has 1 N–H and O–H groups in total. The number of aryl methyl sites for hydroxylation is 2. The summed E-state index contributed by atoms with van der Waals surface area (Å²) >= 11 is 0. The normalized spacial score (nSPS) is 12.5. The van der Waals surface area contributed by atoms with Crippen molar-refractivity contribution in [3.05, 3.63) is 88.9 Å². The van der Waals surface area contributed by atoms with Gasteiger partial charge in [0.25, 0.3) is 0 Å². The largest absolute Gasteiger partial charge is 0.491 e. The zero-order chi connectivity index (χ0) is 21.5. The molecule has 2 aromatic carbocycles. The summed E-state index contributed by atoms with van der Waals surface area (Å²) in [7, 11) is 0. The van der Waals surface area contributed by atoms with Crippen LogP contribution in [0, 0.1) is 13.8 Å². The van der Waals surface area contributed by atoms with Crippen molar-refractivity contribution in [1.29, 1.82) is 0 Å². The van der Waals surface area contributed by atoms with Crippen LogP contribution in [0.2, 0.25) is 0 Å². The average molecular weight is 408 g/mol. The Labute approximate surface area is 180 Å². The Bertz CT molecular complexity index is 901. The molecule has 0 spiro atoms. The van der Waals surface area contributed by atoms with Crippen molar-refractivity contribution in [3.8, 4) is 5.75 Å². The Hall–Kier alpha value is -2.56. The van der Waals surface area contributed by atoms with E-state index in [1.165, 1.54) is 16.7 Å². The smallest absolute Gasteiger partial charge is 0.122 e. The minimum absolute atomic E-state index is 0.255. The molecular formula is C26H33NO3. The summed E-state index contributed by atoms with van der Waals surface area (Å²) < 4.78 is 11.4. The minimum atomic E-state index is -0.601. The van der Waals surface area contributed by atoms with Crippen LogP contribution >= 0.6 is 0 Å². The lowest BCUT2D eigenvalue weighted by atomic mass is 10.0. The van der Waals surface area contributed by atoms with E-state index in [-0.39, 0.29) is 6.61 Å². The van der Waals surface area contributed by atoms with Gasteiger partial charge in [0.05, 0.1) is 12.8 Å². The maximum atomic E-state index is 10.7. The molecule has 3 aromatic rings. The van der Waals surface area contributed by atoms with Gasteiger partial charge in [-0.15, -0.1) is 0 Å². The van der Waals surface area contributed by atoms with Gasteiger partial charge in [-0.1, -0.05) is 55.8 Å². The molecule has 0 radical (unpaired) electrons. The summed E-state index contributed by atoms with van der Waals surface area (Å²) in [6.45, 7) is 10.6. The van der Waals surface area contributed by atoms with Crippen LogP contribution in [0.1, 0.15) is 47.8 Å². The number of hydrogen-bond acceptors (Lipinski definition) is 4. The quantitative estimate of drug-likeness (QED) is 0.485. The summed E-state index contributed by atoms with van der Waals surface area (Å²) in [5.74, 6) is 2.22. The number of hydrogen-bond donors (Lipinski definition) is 1. The fourth-order valence-electron chi connectivity index (χ4n) is 3.57. The van der Waals surface area contributed by atoms with Crippen molar-refractivity contribution < 1.29 is 14.3 Å². The molecule has 1 atom stereocenters. The first kappa shape index (κ1) is 22.1. The fraction of sp³-hybridized carbons (Fsp3) is 0.385. The molecule has 0 aliphatic heterocycles. The highest BCUT2D eigenvalue weighted by Gasteiger charge is 2.16. The monoisotopic (exact) mass is 407 g/mol. The maximum Gasteiger partial charge on any atom is 0.122 e. The van der Waals surface area contributed by atoms with Crippen LogP contribution in [0.5, 0.6) is 5.75 Å². The van der Waals surface area contributed by atoms with Crippen molar-refractivity contribution in [3.63, 3.8) is 0 Å². The van der Waals surface area contributed by atoms with E-state index in [9.17, 15) is 5.11 Å². The van der Waals surface area contributed by atoms with E-state index in [4.69, 9.17) is 9.15 Å². The van der Waals surface area contributed by atoms with Gasteiger partial charge in [0.1, 0.15) is 24.2 Å². The summed E-state index contributed by atoms with van der Waals surface area (Å²) in [6, 6.07) is 18.7. The zero-order valence-electron chi connectivity index (χ0n) is 18.5. The molecule has 1 aromatic heterocycles. The Balaban J connectivity index is 1.62.